The average Bonchev–Trinajstić information content (AvgIpc) is 4.03. The number of ketones is 2. The predicted molar refractivity (Wildman–Crippen MR) is 308 cm³/mol. The number of carbonyl (C=O) groups excluding carboxylic acids is 8. The van der Waals surface area contributed by atoms with Crippen molar-refractivity contribution >= 4 is 71.8 Å². The van der Waals surface area contributed by atoms with Gasteiger partial charge in [-0.2, -0.15) is 0 Å². The number of hydrogen-bond donors (Lipinski definition) is 6. The third kappa shape index (κ3) is 15.7. The number of halogens is 2. The number of carbonyl (C=O) groups is 8. The van der Waals surface area contributed by atoms with Gasteiger partial charge in [-0.3, -0.25) is 38.4 Å². The summed E-state index contributed by atoms with van der Waals surface area (Å²) in [6.07, 6.45) is 16.1. The van der Waals surface area contributed by atoms with Crippen molar-refractivity contribution in [1.29, 1.82) is 0 Å². The Morgan fingerprint density at radius 2 is 0.897 bits per heavy atom. The van der Waals surface area contributed by atoms with Crippen LogP contribution < -0.4 is 31.9 Å². The maximum Gasteiger partial charge on any atom is 0.246 e. The fraction of sp³-hybridized carbons (Fsp3) is 0.767. The highest BCUT2D eigenvalue weighted by Gasteiger charge is 2.49. The number of fused-ring (bicyclic) bond motifs is 2. The van der Waals surface area contributed by atoms with Gasteiger partial charge in [0.2, 0.25) is 35.4 Å². The van der Waals surface area contributed by atoms with E-state index in [0.717, 1.165) is 51.4 Å². The Kier molecular flexibility index (Phi) is 23.3. The van der Waals surface area contributed by atoms with E-state index in [1.54, 1.807) is 62.0 Å². The lowest BCUT2D eigenvalue weighted by molar-refractivity contribution is -0.144. The Morgan fingerprint density at radius 1 is 0.538 bits per heavy atom. The van der Waals surface area contributed by atoms with Crippen molar-refractivity contribution in [2.75, 3.05) is 27.2 Å². The smallest absolute Gasteiger partial charge is 0.246 e. The van der Waals surface area contributed by atoms with Crippen LogP contribution in [0.15, 0.2) is 24.3 Å². The summed E-state index contributed by atoms with van der Waals surface area (Å²) in [6, 6.07) is 2.14. The maximum atomic E-state index is 14.8. The molecule has 6 unspecified atom stereocenters. The molecule has 2 heterocycles. The molecule has 4 saturated carbocycles. The van der Waals surface area contributed by atoms with E-state index in [1.807, 2.05) is 41.5 Å². The lowest BCUT2D eigenvalue weighted by Gasteiger charge is -2.42. The van der Waals surface area contributed by atoms with Crippen LogP contribution >= 0.6 is 24.8 Å². The molecule has 0 spiro atoms. The summed E-state index contributed by atoms with van der Waals surface area (Å²) < 4.78 is 0. The molecular formula is C60H96Cl2N8O8. The highest BCUT2D eigenvalue weighted by Crippen LogP contribution is 2.43. The first-order chi connectivity index (χ1) is 36.0. The summed E-state index contributed by atoms with van der Waals surface area (Å²) in [5.41, 5.74) is -0.690. The van der Waals surface area contributed by atoms with E-state index in [2.05, 4.69) is 31.9 Å². The zero-order chi connectivity index (χ0) is 55.2. The molecule has 438 valence electrons. The summed E-state index contributed by atoms with van der Waals surface area (Å²) in [6.45, 7) is 15.1. The van der Waals surface area contributed by atoms with Crippen LogP contribution in [-0.4, -0.2) is 132 Å². The maximum absolute atomic E-state index is 14.8. The number of amides is 6. The molecule has 6 aliphatic rings. The van der Waals surface area contributed by atoms with Crippen molar-refractivity contribution in [2.24, 2.45) is 46.3 Å². The standard InChI is InChI=1S/C60H94N8O8.2ClH/c1-35(61-9)53(71)65-51(59(3,4)5)57(75)67-33-37(28-47(67)55(73)63-45-26-16-20-39-18-11-13-24-43(39)45)30-49(69)41-22-15-23-42(32-41)50(70)31-38-29-48(56(74)64-46-27-17-21-40-19-12-14-25-44(40)46)68(34-38)58(76)52(60(6,7)8)66-54(72)36(2)62-10;;/h15,22-23,32,35-40,43-48,51-52,61-62H,11-14,16-21,24-31,33-34H2,1-10H3,(H,63,73)(H,64,74)(H,65,71)(H,66,72);2*1H/t35-,36-,37+,38+,39?,40?,43?,44?,45?,46?,47-,48-,51+,52+;;/m0../s1. The molecule has 4 aliphatic carbocycles. The van der Waals surface area contributed by atoms with Crippen LogP contribution in [0.3, 0.4) is 0 Å². The normalized spacial score (nSPS) is 28.6. The molecular weight excluding hydrogens is 1030 g/mol. The van der Waals surface area contributed by atoms with Gasteiger partial charge in [0.1, 0.15) is 24.2 Å². The number of nitrogens with one attached hydrogen (secondary N) is 6. The van der Waals surface area contributed by atoms with Crippen molar-refractivity contribution < 1.29 is 38.4 Å². The van der Waals surface area contributed by atoms with Gasteiger partial charge in [0, 0.05) is 49.1 Å². The molecule has 16 nitrogen and oxygen atoms in total. The van der Waals surface area contributed by atoms with Gasteiger partial charge in [0.15, 0.2) is 11.6 Å². The summed E-state index contributed by atoms with van der Waals surface area (Å²) in [5.74, 6) is -0.938. The molecule has 2 saturated heterocycles. The van der Waals surface area contributed by atoms with Crippen molar-refractivity contribution in [3.8, 4) is 0 Å². The number of likely N-dealkylation sites (tertiary alicyclic amines) is 2. The second-order valence-electron chi connectivity index (χ2n) is 26.2. The highest BCUT2D eigenvalue weighted by atomic mass is 35.5. The van der Waals surface area contributed by atoms with Crippen molar-refractivity contribution in [2.45, 2.75) is 219 Å². The van der Waals surface area contributed by atoms with Gasteiger partial charge in [-0.15, -0.1) is 24.8 Å². The summed E-state index contributed by atoms with van der Waals surface area (Å²) in [4.78, 5) is 117. The summed E-state index contributed by atoms with van der Waals surface area (Å²) in [7, 11) is 3.36. The van der Waals surface area contributed by atoms with Crippen LogP contribution in [0.2, 0.25) is 0 Å². The van der Waals surface area contributed by atoms with Crippen LogP contribution in [0, 0.1) is 46.3 Å². The minimum Gasteiger partial charge on any atom is -0.351 e. The molecule has 7 rings (SSSR count). The second-order valence-corrected chi connectivity index (χ2v) is 26.2. The SMILES string of the molecule is CN[C@@H](C)C(=O)N[C@H](C(=O)N1C[C@@H](CC(=O)c2cccc(C(=O)C[C@H]3C[C@@H](C(=O)NC4CCCC5CCCCC54)N(C(=O)[C@@H](NC(=O)[C@H](C)NC)C(C)(C)C)C3)c2)C[C@H]1C(=O)NC1CCCC2CCCCC21)C(C)(C)C.Cl.Cl. The Morgan fingerprint density at radius 3 is 1.26 bits per heavy atom. The summed E-state index contributed by atoms with van der Waals surface area (Å²) in [5, 5.41) is 18.6. The molecule has 2 aliphatic heterocycles. The van der Waals surface area contributed by atoms with Gasteiger partial charge < -0.3 is 41.7 Å². The minimum absolute atomic E-state index is 0. The Hall–Kier alpha value is -4.12. The first-order valence-corrected chi connectivity index (χ1v) is 29.3. The molecule has 18 heteroatoms. The number of Topliss-reactive ketones (excluding diaryl/α,β-unsaturated/α-hetero) is 2. The van der Waals surface area contributed by atoms with Gasteiger partial charge in [0.05, 0.1) is 12.1 Å². The molecule has 78 heavy (non-hydrogen) atoms. The molecule has 0 aromatic heterocycles. The molecule has 1 aromatic carbocycles. The number of likely N-dealkylation sites (N-methyl/N-ethyl adjacent to an activating group) is 2. The average molecular weight is 1130 g/mol. The Bertz CT molecular complexity index is 2130. The van der Waals surface area contributed by atoms with E-state index in [9.17, 15) is 38.4 Å². The van der Waals surface area contributed by atoms with E-state index < -0.39 is 47.1 Å². The zero-order valence-corrected chi connectivity index (χ0v) is 50.1. The summed E-state index contributed by atoms with van der Waals surface area (Å²) >= 11 is 0. The third-order valence-corrected chi connectivity index (χ3v) is 18.7. The Labute approximate surface area is 478 Å². The topological polar surface area (TPSA) is 215 Å². The fourth-order valence-corrected chi connectivity index (χ4v) is 14.0. The first-order valence-electron chi connectivity index (χ1n) is 29.3. The van der Waals surface area contributed by atoms with E-state index in [0.29, 0.717) is 34.8 Å². The first kappa shape index (κ1) is 64.7. The van der Waals surface area contributed by atoms with Crippen LogP contribution in [0.25, 0.3) is 0 Å². The van der Waals surface area contributed by atoms with Gasteiger partial charge in [-0.05, 0) is 119 Å². The minimum atomic E-state index is -0.926. The third-order valence-electron chi connectivity index (χ3n) is 18.7. The van der Waals surface area contributed by atoms with Crippen molar-refractivity contribution in [3.63, 3.8) is 0 Å². The van der Waals surface area contributed by atoms with Crippen LogP contribution in [-0.2, 0) is 28.8 Å². The fourth-order valence-electron chi connectivity index (χ4n) is 14.0. The molecule has 0 bridgehead atoms. The molecule has 1 aromatic rings. The highest BCUT2D eigenvalue weighted by molar-refractivity contribution is 6.02. The molecule has 14 atom stereocenters. The number of rotatable bonds is 18. The van der Waals surface area contributed by atoms with Crippen LogP contribution in [0.4, 0.5) is 0 Å². The zero-order valence-electron chi connectivity index (χ0n) is 48.5. The Balaban J connectivity index is 0.00000560. The van der Waals surface area contributed by atoms with Gasteiger partial charge >= 0.3 is 0 Å². The quantitative estimate of drug-likeness (QED) is 0.0805. The van der Waals surface area contributed by atoms with Crippen molar-refractivity contribution in [3.05, 3.63) is 35.4 Å². The van der Waals surface area contributed by atoms with Gasteiger partial charge in [0.25, 0.3) is 0 Å². The second kappa shape index (κ2) is 28.0. The molecule has 6 fully saturated rings. The lowest BCUT2D eigenvalue weighted by Crippen LogP contribution is -2.60. The molecule has 6 amide bonds. The van der Waals surface area contributed by atoms with E-state index in [-0.39, 0.29) is 135 Å². The monoisotopic (exact) mass is 1130 g/mol. The van der Waals surface area contributed by atoms with Crippen LogP contribution in [0.1, 0.15) is 192 Å². The van der Waals surface area contributed by atoms with E-state index in [4.69, 9.17) is 0 Å². The van der Waals surface area contributed by atoms with Gasteiger partial charge in [-0.1, -0.05) is 124 Å². The number of nitrogens with zero attached hydrogens (tertiary/aromatic N) is 2. The van der Waals surface area contributed by atoms with E-state index >= 15 is 0 Å². The number of benzene rings is 1. The molecule has 0 radical (unpaired) electrons. The number of hydrogen-bond acceptors (Lipinski definition) is 10. The van der Waals surface area contributed by atoms with Crippen LogP contribution in [0.5, 0.6) is 0 Å². The molecule has 6 N–H and O–H groups in total. The lowest BCUT2D eigenvalue weighted by atomic mass is 9.68. The largest absolute Gasteiger partial charge is 0.351 e. The van der Waals surface area contributed by atoms with Crippen molar-refractivity contribution in [1.82, 2.24) is 41.7 Å². The van der Waals surface area contributed by atoms with E-state index in [1.165, 1.54) is 38.5 Å². The van der Waals surface area contributed by atoms with Gasteiger partial charge in [-0.25, -0.2) is 0 Å². The predicted octanol–water partition coefficient (Wildman–Crippen LogP) is 7.34.